The number of carbonyl (C=O) groups excluding carboxylic acids is 3. The molecular weight excluding hydrogens is 803 g/mol. The molecule has 14 heteroatoms. The average Bonchev–Trinajstić information content (AvgIpc) is 3.53. The van der Waals surface area contributed by atoms with Crippen molar-refractivity contribution in [2.75, 3.05) is 59.1 Å². The third-order valence-electron chi connectivity index (χ3n) is 13.3. The van der Waals surface area contributed by atoms with Crippen LogP contribution in [0.2, 0.25) is 0 Å². The number of carbonyl (C=O) groups is 3. The van der Waals surface area contributed by atoms with E-state index in [4.69, 9.17) is 38.5 Å². The Hall–Kier alpha value is -4.69. The molecule has 0 spiro atoms. The van der Waals surface area contributed by atoms with E-state index in [1.165, 1.54) is 7.11 Å². The van der Waals surface area contributed by atoms with E-state index in [1.54, 1.807) is 25.2 Å². The Morgan fingerprint density at radius 2 is 1.51 bits per heavy atom. The molecule has 3 heterocycles. The normalized spacial score (nSPS) is 25.1. The number of fused-ring (bicyclic) bond motifs is 1. The van der Waals surface area contributed by atoms with Gasteiger partial charge in [-0.2, -0.15) is 5.10 Å². The minimum absolute atomic E-state index is 0.0750. The number of rotatable bonds is 14. The first kappa shape index (κ1) is 46.3. The summed E-state index contributed by atoms with van der Waals surface area (Å²) in [6.45, 7) is 20.6. The maximum atomic E-state index is 14.3. The van der Waals surface area contributed by atoms with E-state index in [0.717, 1.165) is 72.4 Å². The number of pyridine rings is 1. The number of nitrogens with one attached hydrogen (secondary N) is 1. The highest BCUT2D eigenvalue weighted by Gasteiger charge is 2.66. The van der Waals surface area contributed by atoms with E-state index >= 15 is 0 Å². The standard InChI is InChI=1S/C49H69N5O9/c1-31-39(34-14-16-38(50-40(34)42(56)62-44(2,3)4)54-18-17-32-35(24-54)33(41(55)60-12)13-15-37(32)59-11)36(52-51-31)23-48-26-46(8)25-47(9,27-48)29-49(28-46,30-48)61-22-20-53(19-21-58-10)43(57)63-45(5,6)7/h13-16H,17-30H2,1-12H3,(H,51,52). The first-order valence-corrected chi connectivity index (χ1v) is 22.4. The van der Waals surface area contributed by atoms with Gasteiger partial charge in [0.1, 0.15) is 22.8 Å². The molecule has 1 aliphatic heterocycles. The van der Waals surface area contributed by atoms with Gasteiger partial charge < -0.3 is 38.2 Å². The maximum Gasteiger partial charge on any atom is 0.410 e. The molecule has 344 valence electrons. The van der Waals surface area contributed by atoms with Crippen molar-refractivity contribution in [3.8, 4) is 16.9 Å². The number of anilines is 1. The van der Waals surface area contributed by atoms with Crippen LogP contribution in [0.15, 0.2) is 24.3 Å². The first-order chi connectivity index (χ1) is 29.5. The van der Waals surface area contributed by atoms with Crippen LogP contribution >= 0.6 is 0 Å². The lowest BCUT2D eigenvalue weighted by Crippen LogP contribution is -2.64. The van der Waals surface area contributed by atoms with Crippen LogP contribution in [0.1, 0.15) is 137 Å². The third-order valence-corrected chi connectivity index (χ3v) is 13.3. The zero-order valence-corrected chi connectivity index (χ0v) is 39.7. The summed E-state index contributed by atoms with van der Waals surface area (Å²) in [5, 5.41) is 8.27. The molecule has 4 bridgehead atoms. The lowest BCUT2D eigenvalue weighted by atomic mass is 9.38. The van der Waals surface area contributed by atoms with Crippen LogP contribution in [0.25, 0.3) is 11.1 Å². The lowest BCUT2D eigenvalue weighted by Gasteiger charge is -2.69. The summed E-state index contributed by atoms with van der Waals surface area (Å²) < 4.78 is 35.0. The molecule has 2 aromatic heterocycles. The van der Waals surface area contributed by atoms with Crippen LogP contribution in [0.3, 0.4) is 0 Å². The van der Waals surface area contributed by atoms with E-state index in [0.29, 0.717) is 69.2 Å². The van der Waals surface area contributed by atoms with E-state index < -0.39 is 23.1 Å². The average molecular weight is 872 g/mol. The predicted octanol–water partition coefficient (Wildman–Crippen LogP) is 8.66. The van der Waals surface area contributed by atoms with Crippen LogP contribution in [0.4, 0.5) is 10.6 Å². The number of hydrogen-bond donors (Lipinski definition) is 1. The largest absolute Gasteiger partial charge is 0.496 e. The Morgan fingerprint density at radius 3 is 2.14 bits per heavy atom. The van der Waals surface area contributed by atoms with Gasteiger partial charge in [-0.1, -0.05) is 13.8 Å². The van der Waals surface area contributed by atoms with Crippen molar-refractivity contribution in [1.29, 1.82) is 0 Å². The van der Waals surface area contributed by atoms with Gasteiger partial charge in [-0.05, 0) is 146 Å². The number of methoxy groups -OCH3 is 3. The van der Waals surface area contributed by atoms with E-state index in [2.05, 4.69) is 23.8 Å². The number of H-pyrrole nitrogens is 1. The Kier molecular flexibility index (Phi) is 12.5. The third kappa shape index (κ3) is 9.87. The molecule has 2 atom stereocenters. The summed E-state index contributed by atoms with van der Waals surface area (Å²) in [5.41, 5.74) is 4.06. The zero-order valence-electron chi connectivity index (χ0n) is 39.7. The minimum atomic E-state index is -0.761. The van der Waals surface area contributed by atoms with Crippen LogP contribution in [-0.4, -0.2) is 109 Å². The highest BCUT2D eigenvalue weighted by Crippen LogP contribution is 2.72. The molecule has 14 nitrogen and oxygen atoms in total. The number of amides is 1. The molecule has 4 aliphatic carbocycles. The fraction of sp³-hybridized carbons (Fsp3) is 0.653. The summed E-state index contributed by atoms with van der Waals surface area (Å²) in [6, 6.07) is 7.47. The fourth-order valence-electron chi connectivity index (χ4n) is 12.3. The van der Waals surface area contributed by atoms with Gasteiger partial charge in [0.25, 0.3) is 0 Å². The van der Waals surface area contributed by atoms with Crippen molar-refractivity contribution in [2.45, 2.75) is 137 Å². The number of ether oxygens (including phenoxy) is 6. The van der Waals surface area contributed by atoms with Crippen LogP contribution in [0, 0.1) is 23.2 Å². The van der Waals surface area contributed by atoms with Crippen molar-refractivity contribution in [1.82, 2.24) is 20.1 Å². The molecule has 5 aliphatic rings. The molecule has 0 saturated heterocycles. The molecule has 1 N–H and O–H groups in total. The van der Waals surface area contributed by atoms with Gasteiger partial charge >= 0.3 is 18.0 Å². The molecule has 4 saturated carbocycles. The number of aromatic amines is 1. The summed E-state index contributed by atoms with van der Waals surface area (Å²) >= 11 is 0. The van der Waals surface area contributed by atoms with Gasteiger partial charge in [-0.15, -0.1) is 0 Å². The lowest BCUT2D eigenvalue weighted by molar-refractivity contribution is -0.245. The number of aromatic nitrogens is 3. The Balaban J connectivity index is 1.20. The molecule has 0 radical (unpaired) electrons. The van der Waals surface area contributed by atoms with Gasteiger partial charge in [0.2, 0.25) is 0 Å². The highest BCUT2D eigenvalue weighted by atomic mass is 16.6. The first-order valence-electron chi connectivity index (χ1n) is 22.4. The zero-order chi connectivity index (χ0) is 45.8. The predicted molar refractivity (Wildman–Crippen MR) is 239 cm³/mol. The van der Waals surface area contributed by atoms with Gasteiger partial charge in [-0.25, -0.2) is 19.4 Å². The number of esters is 2. The van der Waals surface area contributed by atoms with E-state index in [9.17, 15) is 14.4 Å². The van der Waals surface area contributed by atoms with Gasteiger partial charge in [0.15, 0.2) is 5.69 Å². The molecule has 1 aromatic carbocycles. The molecule has 1 amide bonds. The highest BCUT2D eigenvalue weighted by molar-refractivity contribution is 5.97. The Labute approximate surface area is 373 Å². The molecule has 63 heavy (non-hydrogen) atoms. The fourth-order valence-corrected chi connectivity index (χ4v) is 12.3. The summed E-state index contributed by atoms with van der Waals surface area (Å²) in [6.07, 6.45) is 7.01. The molecule has 3 aromatic rings. The second-order valence-corrected chi connectivity index (χ2v) is 21.5. The summed E-state index contributed by atoms with van der Waals surface area (Å²) in [4.78, 5) is 49.2. The van der Waals surface area contributed by atoms with Gasteiger partial charge in [0.05, 0.1) is 44.3 Å². The monoisotopic (exact) mass is 872 g/mol. The van der Waals surface area contributed by atoms with Crippen molar-refractivity contribution < 1.29 is 42.8 Å². The van der Waals surface area contributed by atoms with Crippen LogP contribution in [0.5, 0.6) is 5.75 Å². The molecular formula is C49H69N5O9. The number of aryl methyl sites for hydroxylation is 1. The molecule has 4 fully saturated rings. The maximum absolute atomic E-state index is 14.3. The second-order valence-electron chi connectivity index (χ2n) is 21.5. The van der Waals surface area contributed by atoms with Crippen LogP contribution < -0.4 is 9.64 Å². The quantitative estimate of drug-likeness (QED) is 0.122. The Morgan fingerprint density at radius 1 is 0.825 bits per heavy atom. The summed E-state index contributed by atoms with van der Waals surface area (Å²) in [5.74, 6) is 0.382. The Bertz CT molecular complexity index is 2200. The number of nitrogens with zero attached hydrogens (tertiary/aromatic N) is 4. The van der Waals surface area contributed by atoms with Crippen molar-refractivity contribution >= 4 is 23.8 Å². The van der Waals surface area contributed by atoms with Crippen molar-refractivity contribution in [3.63, 3.8) is 0 Å². The summed E-state index contributed by atoms with van der Waals surface area (Å²) in [7, 11) is 4.64. The molecule has 2 unspecified atom stereocenters. The van der Waals surface area contributed by atoms with Gasteiger partial charge in [-0.3, -0.25) is 5.10 Å². The van der Waals surface area contributed by atoms with E-state index in [1.807, 2.05) is 66.7 Å². The SMILES string of the molecule is COCCN(CCOC12CC3(C)CC(C)(CC(Cc4n[nH]c(C)c4-c4ccc(N5CCc6c(OC)ccc(C(=O)OC)c6C5)nc4C(=O)OC(C)(C)C)(C3)C1)C2)C(=O)OC(C)(C)C. The molecule has 8 rings (SSSR count). The number of hydrogen-bond acceptors (Lipinski definition) is 12. The minimum Gasteiger partial charge on any atom is -0.496 e. The van der Waals surface area contributed by atoms with Crippen LogP contribution in [-0.2, 0) is 43.1 Å². The van der Waals surface area contributed by atoms with Crippen molar-refractivity contribution in [2.24, 2.45) is 16.2 Å². The smallest absolute Gasteiger partial charge is 0.410 e. The second kappa shape index (κ2) is 17.0. The number of benzene rings is 1. The van der Waals surface area contributed by atoms with Crippen molar-refractivity contribution in [3.05, 3.63) is 58.0 Å². The topological polar surface area (TPSA) is 155 Å². The van der Waals surface area contributed by atoms with E-state index in [-0.39, 0.29) is 33.6 Å². The van der Waals surface area contributed by atoms with Gasteiger partial charge in [0, 0.05) is 55.7 Å².